The van der Waals surface area contributed by atoms with E-state index < -0.39 is 17.6 Å². The fourth-order valence-electron chi connectivity index (χ4n) is 2.04. The van der Waals surface area contributed by atoms with Crippen molar-refractivity contribution in [3.05, 3.63) is 29.8 Å². The van der Waals surface area contributed by atoms with Gasteiger partial charge >= 0.3 is 0 Å². The van der Waals surface area contributed by atoms with Gasteiger partial charge in [0.15, 0.2) is 5.60 Å². The highest BCUT2D eigenvalue weighted by molar-refractivity contribution is 6.05. The third-order valence-electron chi connectivity index (χ3n) is 2.99. The average Bonchev–Trinajstić information content (AvgIpc) is 2.52. The first-order valence-electron chi connectivity index (χ1n) is 5.29. The van der Waals surface area contributed by atoms with E-state index in [9.17, 15) is 15.0 Å². The van der Waals surface area contributed by atoms with Gasteiger partial charge in [0.1, 0.15) is 0 Å². The van der Waals surface area contributed by atoms with Crippen molar-refractivity contribution < 1.29 is 15.0 Å². The second-order valence-corrected chi connectivity index (χ2v) is 4.45. The first-order chi connectivity index (χ1) is 7.48. The zero-order valence-corrected chi connectivity index (χ0v) is 9.27. The van der Waals surface area contributed by atoms with Crippen molar-refractivity contribution in [3.8, 4) is 0 Å². The molecule has 0 bridgehead atoms. The van der Waals surface area contributed by atoms with Crippen molar-refractivity contribution in [1.29, 1.82) is 0 Å². The summed E-state index contributed by atoms with van der Waals surface area (Å²) in [5, 5.41) is 23.0. The number of aliphatic hydroxyl groups is 2. The summed E-state index contributed by atoms with van der Waals surface area (Å²) in [7, 11) is 0. The summed E-state index contributed by atoms with van der Waals surface area (Å²) < 4.78 is 0. The molecule has 1 aliphatic rings. The van der Waals surface area contributed by atoms with E-state index in [1.54, 1.807) is 38.1 Å². The van der Waals surface area contributed by atoms with Crippen LogP contribution in [-0.2, 0) is 10.4 Å². The van der Waals surface area contributed by atoms with E-state index in [0.717, 1.165) is 0 Å². The van der Waals surface area contributed by atoms with Crippen LogP contribution in [0.15, 0.2) is 24.3 Å². The molecule has 1 aliphatic heterocycles. The third-order valence-corrected chi connectivity index (χ3v) is 2.99. The smallest absolute Gasteiger partial charge is 0.263 e. The van der Waals surface area contributed by atoms with Crippen LogP contribution in [0.2, 0.25) is 0 Å². The van der Waals surface area contributed by atoms with E-state index in [1.807, 2.05) is 0 Å². The number of carbonyl (C=O) groups excluding carboxylic acids is 1. The number of hydrogen-bond donors (Lipinski definition) is 3. The molecule has 3 N–H and O–H groups in total. The van der Waals surface area contributed by atoms with Crippen LogP contribution in [0, 0.1) is 5.92 Å². The molecule has 0 radical (unpaired) electrons. The molecule has 1 amide bonds. The summed E-state index contributed by atoms with van der Waals surface area (Å²) >= 11 is 0. The van der Waals surface area contributed by atoms with Crippen molar-refractivity contribution in [2.24, 2.45) is 5.92 Å². The fraction of sp³-hybridized carbons (Fsp3) is 0.417. The van der Waals surface area contributed by atoms with Crippen LogP contribution in [0.1, 0.15) is 19.4 Å². The van der Waals surface area contributed by atoms with Crippen LogP contribution in [0.25, 0.3) is 0 Å². The molecule has 4 nitrogen and oxygen atoms in total. The number of nitrogens with one attached hydrogen (secondary N) is 1. The van der Waals surface area contributed by atoms with Crippen LogP contribution in [0.3, 0.4) is 0 Å². The van der Waals surface area contributed by atoms with Gasteiger partial charge in [-0.15, -0.1) is 0 Å². The van der Waals surface area contributed by atoms with Gasteiger partial charge in [0.25, 0.3) is 5.91 Å². The van der Waals surface area contributed by atoms with Crippen molar-refractivity contribution in [2.45, 2.75) is 25.6 Å². The molecule has 0 spiro atoms. The number of aliphatic hydroxyl groups excluding tert-OH is 1. The first kappa shape index (κ1) is 11.1. The van der Waals surface area contributed by atoms with E-state index in [1.165, 1.54) is 0 Å². The maximum Gasteiger partial charge on any atom is 0.263 e. The Bertz CT molecular complexity index is 430. The van der Waals surface area contributed by atoms with Crippen LogP contribution < -0.4 is 5.32 Å². The highest BCUT2D eigenvalue weighted by Crippen LogP contribution is 2.39. The molecule has 1 aromatic carbocycles. The molecule has 2 unspecified atom stereocenters. The highest BCUT2D eigenvalue weighted by atomic mass is 16.4. The van der Waals surface area contributed by atoms with E-state index >= 15 is 0 Å². The maximum absolute atomic E-state index is 11.8. The van der Waals surface area contributed by atoms with Gasteiger partial charge in [-0.1, -0.05) is 32.0 Å². The Hall–Kier alpha value is -1.39. The monoisotopic (exact) mass is 221 g/mol. The summed E-state index contributed by atoms with van der Waals surface area (Å²) in [5.74, 6) is -0.767. The minimum atomic E-state index is -1.83. The molecule has 0 aromatic heterocycles. The first-order valence-corrected chi connectivity index (χ1v) is 5.29. The molecule has 0 saturated carbocycles. The SMILES string of the molecule is CC(C)C(O)C1(O)C(=O)Nc2ccccc21. The van der Waals surface area contributed by atoms with Crippen LogP contribution in [-0.4, -0.2) is 22.2 Å². The number of hydrogen-bond acceptors (Lipinski definition) is 3. The second-order valence-electron chi connectivity index (χ2n) is 4.45. The molecule has 0 fully saturated rings. The molecule has 0 aliphatic carbocycles. The molecule has 4 heteroatoms. The van der Waals surface area contributed by atoms with Crippen molar-refractivity contribution >= 4 is 11.6 Å². The number of anilines is 1. The van der Waals surface area contributed by atoms with Crippen LogP contribution in [0.5, 0.6) is 0 Å². The van der Waals surface area contributed by atoms with E-state index in [-0.39, 0.29) is 5.92 Å². The lowest BCUT2D eigenvalue weighted by molar-refractivity contribution is -0.151. The molecule has 16 heavy (non-hydrogen) atoms. The van der Waals surface area contributed by atoms with Gasteiger partial charge in [0, 0.05) is 11.3 Å². The number of benzene rings is 1. The lowest BCUT2D eigenvalue weighted by atomic mass is 9.84. The van der Waals surface area contributed by atoms with Gasteiger partial charge in [0.05, 0.1) is 6.10 Å². The maximum atomic E-state index is 11.8. The Kier molecular flexibility index (Phi) is 2.48. The number of fused-ring (bicyclic) bond motifs is 1. The molecule has 0 saturated heterocycles. The second kappa shape index (κ2) is 3.57. The molecular weight excluding hydrogens is 206 g/mol. The summed E-state index contributed by atoms with van der Waals surface area (Å²) in [6.45, 7) is 3.52. The Morgan fingerprint density at radius 1 is 1.31 bits per heavy atom. The largest absolute Gasteiger partial charge is 0.389 e. The van der Waals surface area contributed by atoms with Crippen molar-refractivity contribution in [1.82, 2.24) is 0 Å². The van der Waals surface area contributed by atoms with Crippen molar-refractivity contribution in [3.63, 3.8) is 0 Å². The highest BCUT2D eigenvalue weighted by Gasteiger charge is 2.51. The predicted molar refractivity (Wildman–Crippen MR) is 59.8 cm³/mol. The Morgan fingerprint density at radius 2 is 1.94 bits per heavy atom. The molecule has 86 valence electrons. The van der Waals surface area contributed by atoms with Crippen molar-refractivity contribution in [2.75, 3.05) is 5.32 Å². The van der Waals surface area contributed by atoms with E-state index in [4.69, 9.17) is 0 Å². The molecule has 1 heterocycles. The lowest BCUT2D eigenvalue weighted by Gasteiger charge is -2.29. The van der Waals surface area contributed by atoms with Gasteiger partial charge in [-0.3, -0.25) is 4.79 Å². The summed E-state index contributed by atoms with van der Waals surface area (Å²) in [5.41, 5.74) is -0.819. The van der Waals surface area contributed by atoms with Crippen LogP contribution in [0.4, 0.5) is 5.69 Å². The fourth-order valence-corrected chi connectivity index (χ4v) is 2.04. The number of para-hydroxylation sites is 1. The third kappa shape index (κ3) is 1.34. The number of rotatable bonds is 2. The predicted octanol–water partition coefficient (Wildman–Crippen LogP) is 0.843. The average molecular weight is 221 g/mol. The quantitative estimate of drug-likeness (QED) is 0.693. The normalized spacial score (nSPS) is 25.4. The lowest BCUT2D eigenvalue weighted by Crippen LogP contribution is -2.47. The van der Waals surface area contributed by atoms with Gasteiger partial charge < -0.3 is 15.5 Å². The zero-order valence-electron chi connectivity index (χ0n) is 9.27. The molecular formula is C12H15NO3. The summed E-state index contributed by atoms with van der Waals surface area (Å²) in [4.78, 5) is 11.8. The zero-order chi connectivity index (χ0) is 11.9. The van der Waals surface area contributed by atoms with E-state index in [2.05, 4.69) is 5.32 Å². The number of amides is 1. The van der Waals surface area contributed by atoms with Gasteiger partial charge in [0.2, 0.25) is 0 Å². The Morgan fingerprint density at radius 3 is 2.56 bits per heavy atom. The minimum absolute atomic E-state index is 0.207. The Labute approximate surface area is 93.9 Å². The van der Waals surface area contributed by atoms with Crippen LogP contribution >= 0.6 is 0 Å². The topological polar surface area (TPSA) is 69.6 Å². The molecule has 2 rings (SSSR count). The summed E-state index contributed by atoms with van der Waals surface area (Å²) in [6, 6.07) is 6.86. The van der Waals surface area contributed by atoms with Gasteiger partial charge in [-0.2, -0.15) is 0 Å². The van der Waals surface area contributed by atoms with Gasteiger partial charge in [-0.25, -0.2) is 0 Å². The molecule has 1 aromatic rings. The molecule has 2 atom stereocenters. The Balaban J connectivity index is 2.52. The van der Waals surface area contributed by atoms with E-state index in [0.29, 0.717) is 11.3 Å². The minimum Gasteiger partial charge on any atom is -0.389 e. The standard InChI is InChI=1S/C12H15NO3/c1-7(2)10(14)12(16)8-5-3-4-6-9(8)13-11(12)15/h3-7,10,14,16H,1-2H3,(H,13,15). The summed E-state index contributed by atoms with van der Waals surface area (Å²) in [6.07, 6.45) is -1.11. The van der Waals surface area contributed by atoms with Gasteiger partial charge in [-0.05, 0) is 12.0 Å². The number of carbonyl (C=O) groups is 1.